The smallest absolute Gasteiger partial charge is 0.418 e. The van der Waals surface area contributed by atoms with Gasteiger partial charge in [-0.2, -0.15) is 13.2 Å². The summed E-state index contributed by atoms with van der Waals surface area (Å²) < 4.78 is 36.3. The molecule has 1 atom stereocenters. The molecule has 1 aromatic carbocycles. The van der Waals surface area contributed by atoms with Crippen LogP contribution in [-0.2, 0) is 0 Å². The molecule has 0 fully saturated rings. The molecule has 0 radical (unpaired) electrons. The number of nitro groups is 1. The van der Waals surface area contributed by atoms with E-state index < -0.39 is 34.2 Å². The number of halogens is 3. The summed E-state index contributed by atoms with van der Waals surface area (Å²) in [5.41, 5.74) is -1.59. The summed E-state index contributed by atoms with van der Waals surface area (Å²) in [6.07, 6.45) is -7.73. The van der Waals surface area contributed by atoms with Crippen LogP contribution in [0.2, 0.25) is 0 Å². The predicted molar refractivity (Wildman–Crippen MR) is 45.8 cm³/mol. The van der Waals surface area contributed by atoms with Crippen molar-refractivity contribution in [2.45, 2.75) is 12.3 Å². The second-order valence-corrected chi connectivity index (χ2v) is 2.95. The fraction of sp³-hybridized carbons (Fsp3) is 0.250. The first-order valence-electron chi connectivity index (χ1n) is 3.95. The molecular formula is C8H6F3NO4. The third-order valence-corrected chi connectivity index (χ3v) is 1.82. The number of hydrogen-bond donors (Lipinski definition) is 2. The fourth-order valence-electron chi connectivity index (χ4n) is 1.05. The molecule has 0 saturated carbocycles. The van der Waals surface area contributed by atoms with Crippen LogP contribution in [0.1, 0.15) is 11.7 Å². The first-order chi connectivity index (χ1) is 7.23. The van der Waals surface area contributed by atoms with Crippen molar-refractivity contribution in [2.75, 3.05) is 0 Å². The van der Waals surface area contributed by atoms with Crippen LogP contribution in [0, 0.1) is 10.1 Å². The number of aliphatic hydroxyl groups is 1. The Hall–Kier alpha value is -1.83. The quantitative estimate of drug-likeness (QED) is 0.607. The Labute approximate surface area is 86.9 Å². The molecule has 1 rings (SSSR count). The second kappa shape index (κ2) is 3.97. The maximum absolute atomic E-state index is 12.1. The highest BCUT2D eigenvalue weighted by Crippen LogP contribution is 2.36. The van der Waals surface area contributed by atoms with E-state index in [0.717, 1.165) is 12.1 Å². The number of phenolic OH excluding ortho intramolecular Hbond substituents is 1. The molecule has 2 N–H and O–H groups in total. The third kappa shape index (κ3) is 2.40. The van der Waals surface area contributed by atoms with Crippen molar-refractivity contribution in [1.29, 1.82) is 0 Å². The lowest BCUT2D eigenvalue weighted by atomic mass is 10.1. The van der Waals surface area contributed by atoms with Gasteiger partial charge in [-0.25, -0.2) is 0 Å². The van der Waals surface area contributed by atoms with Crippen LogP contribution in [0.15, 0.2) is 18.2 Å². The van der Waals surface area contributed by atoms with E-state index in [2.05, 4.69) is 0 Å². The summed E-state index contributed by atoms with van der Waals surface area (Å²) in [5.74, 6) is -0.761. The van der Waals surface area contributed by atoms with Crippen molar-refractivity contribution < 1.29 is 28.3 Å². The van der Waals surface area contributed by atoms with E-state index in [-0.39, 0.29) is 0 Å². The maximum Gasteiger partial charge on any atom is 0.418 e. The standard InChI is InChI=1S/C8H6F3NO4/c9-8(10,11)7(14)4-1-2-6(13)5(3-4)12(15)16/h1-3,7,13-14H. The first-order valence-corrected chi connectivity index (χ1v) is 3.95. The number of rotatable bonds is 2. The fourth-order valence-corrected chi connectivity index (χ4v) is 1.05. The third-order valence-electron chi connectivity index (χ3n) is 1.82. The number of phenols is 1. The van der Waals surface area contributed by atoms with Crippen LogP contribution in [0.3, 0.4) is 0 Å². The van der Waals surface area contributed by atoms with Gasteiger partial charge in [-0.3, -0.25) is 10.1 Å². The minimum absolute atomic E-state index is 0.480. The number of alkyl halides is 3. The molecule has 0 aliphatic rings. The number of hydrogen-bond acceptors (Lipinski definition) is 4. The zero-order valence-electron chi connectivity index (χ0n) is 7.60. The molecule has 0 amide bonds. The van der Waals surface area contributed by atoms with E-state index in [1.807, 2.05) is 0 Å². The molecule has 0 heterocycles. The lowest BCUT2D eigenvalue weighted by Crippen LogP contribution is -2.20. The molecule has 88 valence electrons. The first kappa shape index (κ1) is 12.2. The largest absolute Gasteiger partial charge is 0.502 e. The van der Waals surface area contributed by atoms with Crippen LogP contribution in [0.4, 0.5) is 18.9 Å². The molecular weight excluding hydrogens is 231 g/mol. The number of nitrogens with zero attached hydrogens (tertiary/aromatic N) is 1. The summed E-state index contributed by atoms with van der Waals surface area (Å²) in [4.78, 5) is 9.29. The Bertz CT molecular complexity index is 418. The molecule has 0 saturated heterocycles. The lowest BCUT2D eigenvalue weighted by Gasteiger charge is -2.14. The number of aromatic hydroxyl groups is 1. The van der Waals surface area contributed by atoms with Gasteiger partial charge in [-0.05, 0) is 11.6 Å². The van der Waals surface area contributed by atoms with Crippen molar-refractivity contribution in [2.24, 2.45) is 0 Å². The van der Waals surface area contributed by atoms with Gasteiger partial charge in [0.2, 0.25) is 0 Å². The monoisotopic (exact) mass is 237 g/mol. The Morgan fingerprint density at radius 2 is 1.94 bits per heavy atom. The number of nitro benzene ring substituents is 1. The minimum atomic E-state index is -4.91. The summed E-state index contributed by atoms with van der Waals surface area (Å²) in [6.45, 7) is 0. The Morgan fingerprint density at radius 1 is 1.38 bits per heavy atom. The van der Waals surface area contributed by atoms with Gasteiger partial charge in [0.15, 0.2) is 11.9 Å². The van der Waals surface area contributed by atoms with Crippen molar-refractivity contribution in [3.63, 3.8) is 0 Å². The highest BCUT2D eigenvalue weighted by atomic mass is 19.4. The molecule has 1 unspecified atom stereocenters. The summed E-state index contributed by atoms with van der Waals surface area (Å²) >= 11 is 0. The van der Waals surface area contributed by atoms with E-state index >= 15 is 0 Å². The summed E-state index contributed by atoms with van der Waals surface area (Å²) in [7, 11) is 0. The Balaban J connectivity index is 3.18. The molecule has 0 aliphatic carbocycles. The predicted octanol–water partition coefficient (Wildman–Crippen LogP) is 1.90. The van der Waals surface area contributed by atoms with Gasteiger partial charge in [0.25, 0.3) is 0 Å². The molecule has 5 nitrogen and oxygen atoms in total. The minimum Gasteiger partial charge on any atom is -0.502 e. The van der Waals surface area contributed by atoms with Gasteiger partial charge in [0.05, 0.1) is 4.92 Å². The van der Waals surface area contributed by atoms with Gasteiger partial charge >= 0.3 is 11.9 Å². The zero-order chi connectivity index (χ0) is 12.5. The Morgan fingerprint density at radius 3 is 2.38 bits per heavy atom. The average Bonchev–Trinajstić information content (AvgIpc) is 2.15. The maximum atomic E-state index is 12.1. The normalized spacial score (nSPS) is 13.5. The van der Waals surface area contributed by atoms with E-state index in [9.17, 15) is 23.3 Å². The van der Waals surface area contributed by atoms with Crippen LogP contribution in [0.5, 0.6) is 5.75 Å². The summed E-state index contributed by atoms with van der Waals surface area (Å²) in [5, 5.41) is 28.1. The van der Waals surface area contributed by atoms with E-state index in [4.69, 9.17) is 10.2 Å². The topological polar surface area (TPSA) is 83.6 Å². The number of aliphatic hydroxyl groups excluding tert-OH is 1. The zero-order valence-corrected chi connectivity index (χ0v) is 7.60. The van der Waals surface area contributed by atoms with Gasteiger partial charge in [0.1, 0.15) is 0 Å². The molecule has 0 bridgehead atoms. The van der Waals surface area contributed by atoms with Crippen LogP contribution < -0.4 is 0 Å². The van der Waals surface area contributed by atoms with Crippen molar-refractivity contribution in [3.05, 3.63) is 33.9 Å². The SMILES string of the molecule is O=[N+]([O-])c1cc(C(O)C(F)(F)F)ccc1O. The van der Waals surface area contributed by atoms with E-state index in [0.29, 0.717) is 6.07 Å². The molecule has 16 heavy (non-hydrogen) atoms. The van der Waals surface area contributed by atoms with E-state index in [1.165, 1.54) is 0 Å². The second-order valence-electron chi connectivity index (χ2n) is 2.95. The molecule has 0 spiro atoms. The Kier molecular flexibility index (Phi) is 3.04. The van der Waals surface area contributed by atoms with Crippen LogP contribution >= 0.6 is 0 Å². The van der Waals surface area contributed by atoms with Crippen LogP contribution in [-0.4, -0.2) is 21.3 Å². The highest BCUT2D eigenvalue weighted by Gasteiger charge is 2.40. The van der Waals surface area contributed by atoms with Gasteiger partial charge in [-0.15, -0.1) is 0 Å². The summed E-state index contributed by atoms with van der Waals surface area (Å²) in [6, 6.07) is 1.97. The molecule has 0 aromatic heterocycles. The van der Waals surface area contributed by atoms with Crippen molar-refractivity contribution in [3.8, 4) is 5.75 Å². The molecule has 1 aromatic rings. The van der Waals surface area contributed by atoms with Crippen LogP contribution in [0.25, 0.3) is 0 Å². The molecule has 0 aliphatic heterocycles. The van der Waals surface area contributed by atoms with Crippen molar-refractivity contribution >= 4 is 5.69 Å². The average molecular weight is 237 g/mol. The number of benzene rings is 1. The van der Waals surface area contributed by atoms with Crippen molar-refractivity contribution in [1.82, 2.24) is 0 Å². The lowest BCUT2D eigenvalue weighted by molar-refractivity contribution is -0.386. The van der Waals surface area contributed by atoms with Gasteiger partial charge in [-0.1, -0.05) is 6.07 Å². The van der Waals surface area contributed by atoms with Gasteiger partial charge in [0, 0.05) is 6.07 Å². The molecule has 8 heteroatoms. The van der Waals surface area contributed by atoms with E-state index in [1.54, 1.807) is 0 Å². The highest BCUT2D eigenvalue weighted by molar-refractivity contribution is 5.48. The van der Waals surface area contributed by atoms with Gasteiger partial charge < -0.3 is 10.2 Å².